The molecule has 3 rings (SSSR count). The highest BCUT2D eigenvalue weighted by molar-refractivity contribution is 9.10. The summed E-state index contributed by atoms with van der Waals surface area (Å²) in [5.74, 6) is 0.599. The van der Waals surface area contributed by atoms with Crippen molar-refractivity contribution in [3.8, 4) is 11.4 Å². The Kier molecular flexibility index (Phi) is 3.26. The molecule has 0 amide bonds. The second kappa shape index (κ2) is 4.85. The number of imidazole rings is 1. The topological polar surface area (TPSA) is 88.8 Å². The van der Waals surface area contributed by atoms with Crippen molar-refractivity contribution in [2.75, 3.05) is 12.0 Å². The minimum Gasteiger partial charge on any atom is -0.398 e. The first kappa shape index (κ1) is 14.1. The highest BCUT2D eigenvalue weighted by Gasteiger charge is 2.15. The van der Waals surface area contributed by atoms with E-state index in [0.717, 1.165) is 10.0 Å². The molecular formula is C14H12BrN3O2S. The Morgan fingerprint density at radius 3 is 2.67 bits per heavy atom. The maximum Gasteiger partial charge on any atom is 0.177 e. The summed E-state index contributed by atoms with van der Waals surface area (Å²) in [4.78, 5) is 7.78. The van der Waals surface area contributed by atoms with E-state index in [-0.39, 0.29) is 4.90 Å². The summed E-state index contributed by atoms with van der Waals surface area (Å²) in [5, 5.41) is 0. The molecule has 0 bridgehead atoms. The van der Waals surface area contributed by atoms with Gasteiger partial charge in [-0.05, 0) is 46.3 Å². The summed E-state index contributed by atoms with van der Waals surface area (Å²) >= 11 is 3.37. The van der Waals surface area contributed by atoms with Gasteiger partial charge in [-0.1, -0.05) is 6.07 Å². The molecule has 0 aliphatic heterocycles. The van der Waals surface area contributed by atoms with Gasteiger partial charge in [-0.2, -0.15) is 0 Å². The van der Waals surface area contributed by atoms with Crippen LogP contribution in [0.3, 0.4) is 0 Å². The smallest absolute Gasteiger partial charge is 0.177 e. The van der Waals surface area contributed by atoms with E-state index in [4.69, 9.17) is 5.73 Å². The molecule has 1 heterocycles. The van der Waals surface area contributed by atoms with E-state index in [1.54, 1.807) is 24.3 Å². The van der Waals surface area contributed by atoms with Crippen LogP contribution in [0.25, 0.3) is 22.4 Å². The number of anilines is 1. The van der Waals surface area contributed by atoms with E-state index in [2.05, 4.69) is 25.9 Å². The molecule has 0 aliphatic rings. The number of sulfone groups is 1. The lowest BCUT2D eigenvalue weighted by Crippen LogP contribution is -1.97. The van der Waals surface area contributed by atoms with Gasteiger partial charge in [-0.3, -0.25) is 0 Å². The molecule has 3 aromatic rings. The molecule has 1 aromatic heterocycles. The number of hydrogen-bond acceptors (Lipinski definition) is 4. The van der Waals surface area contributed by atoms with E-state index >= 15 is 0 Å². The van der Waals surface area contributed by atoms with Crippen LogP contribution in [-0.4, -0.2) is 24.6 Å². The van der Waals surface area contributed by atoms with Gasteiger partial charge >= 0.3 is 0 Å². The predicted molar refractivity (Wildman–Crippen MR) is 86.8 cm³/mol. The molecule has 0 saturated heterocycles. The van der Waals surface area contributed by atoms with E-state index in [1.807, 2.05) is 12.1 Å². The standard InChI is InChI=1S/C14H12BrN3O2S/c1-21(19,20)12-4-2-3-11-13(12)18-14(17-11)8-5-6-10(16)9(15)7-8/h2-7H,16H2,1H3,(H,17,18). The number of halogens is 1. The van der Waals surface area contributed by atoms with E-state index in [9.17, 15) is 8.42 Å². The number of nitrogens with two attached hydrogens (primary N) is 1. The van der Waals surface area contributed by atoms with Gasteiger partial charge in [0.25, 0.3) is 0 Å². The molecule has 108 valence electrons. The number of fused-ring (bicyclic) bond motifs is 1. The molecule has 7 heteroatoms. The fourth-order valence-corrected chi connectivity index (χ4v) is 3.33. The van der Waals surface area contributed by atoms with Gasteiger partial charge in [0.15, 0.2) is 9.84 Å². The minimum atomic E-state index is -3.32. The van der Waals surface area contributed by atoms with Gasteiger partial charge < -0.3 is 10.7 Å². The predicted octanol–water partition coefficient (Wildman–Crippen LogP) is 2.98. The Morgan fingerprint density at radius 1 is 1.24 bits per heavy atom. The Bertz CT molecular complexity index is 948. The van der Waals surface area contributed by atoms with Gasteiger partial charge in [0.2, 0.25) is 0 Å². The van der Waals surface area contributed by atoms with E-state index in [0.29, 0.717) is 22.5 Å². The van der Waals surface area contributed by atoms with Gasteiger partial charge in [0.05, 0.1) is 10.4 Å². The first-order valence-corrected chi connectivity index (χ1v) is 8.79. The summed E-state index contributed by atoms with van der Waals surface area (Å²) in [7, 11) is -3.32. The van der Waals surface area contributed by atoms with Crippen LogP contribution >= 0.6 is 15.9 Å². The van der Waals surface area contributed by atoms with Crippen LogP contribution < -0.4 is 5.73 Å². The number of para-hydroxylation sites is 1. The largest absolute Gasteiger partial charge is 0.398 e. The number of nitrogen functional groups attached to an aromatic ring is 1. The molecule has 0 fully saturated rings. The van der Waals surface area contributed by atoms with Crippen LogP contribution in [0.5, 0.6) is 0 Å². The number of benzene rings is 2. The maximum atomic E-state index is 11.8. The molecule has 5 nitrogen and oxygen atoms in total. The zero-order chi connectivity index (χ0) is 15.2. The maximum absolute atomic E-state index is 11.8. The van der Waals surface area contributed by atoms with Gasteiger partial charge in [0.1, 0.15) is 11.3 Å². The van der Waals surface area contributed by atoms with Crippen molar-refractivity contribution < 1.29 is 8.42 Å². The Morgan fingerprint density at radius 2 is 2.00 bits per heavy atom. The molecular weight excluding hydrogens is 354 g/mol. The fraction of sp³-hybridized carbons (Fsp3) is 0.0714. The van der Waals surface area contributed by atoms with Crippen molar-refractivity contribution in [3.05, 3.63) is 40.9 Å². The summed E-state index contributed by atoms with van der Waals surface area (Å²) in [5.41, 5.74) is 8.35. The Labute approximate surface area is 130 Å². The second-order valence-corrected chi connectivity index (χ2v) is 7.58. The molecule has 2 aromatic carbocycles. The molecule has 0 saturated carbocycles. The van der Waals surface area contributed by atoms with Crippen molar-refractivity contribution >= 4 is 42.5 Å². The lowest BCUT2D eigenvalue weighted by molar-refractivity contribution is 0.602. The summed E-state index contributed by atoms with van der Waals surface area (Å²) < 4.78 is 24.4. The molecule has 0 atom stereocenters. The zero-order valence-corrected chi connectivity index (χ0v) is 13.5. The second-order valence-electron chi connectivity index (χ2n) is 4.75. The van der Waals surface area contributed by atoms with Crippen LogP contribution in [0, 0.1) is 0 Å². The molecule has 3 N–H and O–H groups in total. The molecule has 0 radical (unpaired) electrons. The molecule has 21 heavy (non-hydrogen) atoms. The lowest BCUT2D eigenvalue weighted by Gasteiger charge is -2.00. The lowest BCUT2D eigenvalue weighted by atomic mass is 10.2. The number of hydrogen-bond donors (Lipinski definition) is 2. The van der Waals surface area contributed by atoms with Crippen molar-refractivity contribution in [3.63, 3.8) is 0 Å². The summed E-state index contributed by atoms with van der Waals surface area (Å²) in [6, 6.07) is 10.5. The first-order chi connectivity index (χ1) is 9.86. The van der Waals surface area contributed by atoms with Crippen LogP contribution in [0.4, 0.5) is 5.69 Å². The van der Waals surface area contributed by atoms with Crippen molar-refractivity contribution in [1.29, 1.82) is 0 Å². The summed E-state index contributed by atoms with van der Waals surface area (Å²) in [6.45, 7) is 0. The van der Waals surface area contributed by atoms with Crippen molar-refractivity contribution in [2.45, 2.75) is 4.90 Å². The number of aromatic amines is 1. The van der Waals surface area contributed by atoms with Gasteiger partial charge in [0, 0.05) is 22.0 Å². The highest BCUT2D eigenvalue weighted by atomic mass is 79.9. The number of nitrogens with one attached hydrogen (secondary N) is 1. The van der Waals surface area contributed by atoms with E-state index in [1.165, 1.54) is 6.26 Å². The third-order valence-corrected chi connectivity index (χ3v) is 4.96. The van der Waals surface area contributed by atoms with Crippen molar-refractivity contribution in [1.82, 2.24) is 9.97 Å². The zero-order valence-electron chi connectivity index (χ0n) is 11.1. The van der Waals surface area contributed by atoms with E-state index < -0.39 is 9.84 Å². The van der Waals surface area contributed by atoms with Crippen LogP contribution in [0.1, 0.15) is 0 Å². The average molecular weight is 366 g/mol. The number of nitrogens with zero attached hydrogens (tertiary/aromatic N) is 1. The third-order valence-electron chi connectivity index (χ3n) is 3.15. The van der Waals surface area contributed by atoms with Gasteiger partial charge in [-0.15, -0.1) is 0 Å². The quantitative estimate of drug-likeness (QED) is 0.683. The first-order valence-electron chi connectivity index (χ1n) is 6.10. The van der Waals surface area contributed by atoms with Gasteiger partial charge in [-0.25, -0.2) is 13.4 Å². The fourth-order valence-electron chi connectivity index (χ4n) is 2.12. The monoisotopic (exact) mass is 365 g/mol. The minimum absolute atomic E-state index is 0.219. The third kappa shape index (κ3) is 2.54. The number of H-pyrrole nitrogens is 1. The summed E-state index contributed by atoms with van der Waals surface area (Å²) in [6.07, 6.45) is 1.18. The highest BCUT2D eigenvalue weighted by Crippen LogP contribution is 2.29. The molecule has 0 spiro atoms. The normalized spacial score (nSPS) is 11.9. The van der Waals surface area contributed by atoms with Crippen LogP contribution in [0.2, 0.25) is 0 Å². The number of aromatic nitrogens is 2. The Balaban J connectivity index is 2.24. The number of rotatable bonds is 2. The van der Waals surface area contributed by atoms with Crippen LogP contribution in [-0.2, 0) is 9.84 Å². The Hall–Kier alpha value is -1.86. The SMILES string of the molecule is CS(=O)(=O)c1cccc2[nH]c(-c3ccc(N)c(Br)c3)nc12. The average Bonchev–Trinajstić information content (AvgIpc) is 2.84. The molecule has 0 aliphatic carbocycles. The van der Waals surface area contributed by atoms with Crippen LogP contribution in [0.15, 0.2) is 45.8 Å². The van der Waals surface area contributed by atoms with Crippen molar-refractivity contribution in [2.24, 2.45) is 0 Å². The molecule has 0 unspecified atom stereocenters.